The van der Waals surface area contributed by atoms with Crippen molar-refractivity contribution in [3.05, 3.63) is 18.2 Å². The van der Waals surface area contributed by atoms with Crippen molar-refractivity contribution in [3.63, 3.8) is 0 Å². The normalized spacial score (nSPS) is 8.77. The predicted molar refractivity (Wildman–Crippen MR) is 46.7 cm³/mol. The second-order valence-electron chi connectivity index (χ2n) is 2.36. The molecular formula is C9H10N2O2. The first-order valence-corrected chi connectivity index (χ1v) is 3.89. The first-order chi connectivity index (χ1) is 6.24. The van der Waals surface area contributed by atoms with Gasteiger partial charge >= 0.3 is 5.97 Å². The van der Waals surface area contributed by atoms with Gasteiger partial charge < -0.3 is 9.30 Å². The summed E-state index contributed by atoms with van der Waals surface area (Å²) in [6.07, 6.45) is 3.21. The van der Waals surface area contributed by atoms with Gasteiger partial charge in [0.2, 0.25) is 0 Å². The van der Waals surface area contributed by atoms with Crippen LogP contribution in [0.3, 0.4) is 0 Å². The SMILES string of the molecule is CCOC(=O)C#Cc1cncn1C. The molecule has 1 rings (SSSR count). The van der Waals surface area contributed by atoms with Crippen LogP contribution in [-0.2, 0) is 16.6 Å². The molecule has 0 aliphatic rings. The van der Waals surface area contributed by atoms with Crippen molar-refractivity contribution < 1.29 is 9.53 Å². The molecule has 0 aliphatic carbocycles. The summed E-state index contributed by atoms with van der Waals surface area (Å²) in [5.41, 5.74) is 0.688. The van der Waals surface area contributed by atoms with Crippen molar-refractivity contribution in [2.75, 3.05) is 6.61 Å². The molecule has 13 heavy (non-hydrogen) atoms. The molecule has 68 valence electrons. The van der Waals surface area contributed by atoms with Gasteiger partial charge in [0.15, 0.2) is 0 Å². The van der Waals surface area contributed by atoms with Gasteiger partial charge in [-0.25, -0.2) is 9.78 Å². The number of esters is 1. The molecular weight excluding hydrogens is 168 g/mol. The second-order valence-corrected chi connectivity index (χ2v) is 2.36. The Morgan fingerprint density at radius 3 is 3.08 bits per heavy atom. The number of hydrogen-bond donors (Lipinski definition) is 0. The van der Waals surface area contributed by atoms with E-state index in [9.17, 15) is 4.79 Å². The van der Waals surface area contributed by atoms with Crippen molar-refractivity contribution in [1.29, 1.82) is 0 Å². The first-order valence-electron chi connectivity index (χ1n) is 3.89. The zero-order valence-electron chi connectivity index (χ0n) is 7.57. The summed E-state index contributed by atoms with van der Waals surface area (Å²) >= 11 is 0. The fourth-order valence-corrected chi connectivity index (χ4v) is 0.760. The van der Waals surface area contributed by atoms with Gasteiger partial charge in [-0.15, -0.1) is 0 Å². The Balaban J connectivity index is 2.67. The average molecular weight is 178 g/mol. The van der Waals surface area contributed by atoms with Crippen molar-refractivity contribution >= 4 is 5.97 Å². The molecule has 0 unspecified atom stereocenters. The number of rotatable bonds is 1. The third kappa shape index (κ3) is 2.64. The molecule has 0 fully saturated rings. The van der Waals surface area contributed by atoms with Crippen LogP contribution in [0.15, 0.2) is 12.5 Å². The zero-order chi connectivity index (χ0) is 9.68. The number of carbonyl (C=O) groups is 1. The van der Waals surface area contributed by atoms with Gasteiger partial charge in [-0.3, -0.25) is 0 Å². The van der Waals surface area contributed by atoms with Gasteiger partial charge in [-0.1, -0.05) is 0 Å². The highest BCUT2D eigenvalue weighted by Gasteiger charge is 1.95. The van der Waals surface area contributed by atoms with Gasteiger partial charge in [-0.05, 0) is 12.8 Å². The first kappa shape index (κ1) is 9.33. The largest absolute Gasteiger partial charge is 0.456 e. The molecule has 1 heterocycles. The molecule has 1 aromatic heterocycles. The lowest BCUT2D eigenvalue weighted by molar-refractivity contribution is -0.136. The smallest absolute Gasteiger partial charge is 0.384 e. The minimum Gasteiger partial charge on any atom is -0.456 e. The van der Waals surface area contributed by atoms with E-state index in [0.29, 0.717) is 12.3 Å². The second kappa shape index (κ2) is 4.31. The van der Waals surface area contributed by atoms with Gasteiger partial charge in [0, 0.05) is 13.0 Å². The zero-order valence-corrected chi connectivity index (χ0v) is 7.57. The minimum atomic E-state index is -0.510. The number of carbonyl (C=O) groups excluding carboxylic acids is 1. The molecule has 4 nitrogen and oxygen atoms in total. The Morgan fingerprint density at radius 1 is 1.77 bits per heavy atom. The Bertz CT molecular complexity index is 357. The molecule has 0 bridgehead atoms. The lowest BCUT2D eigenvalue weighted by Crippen LogP contribution is -2.00. The van der Waals surface area contributed by atoms with Gasteiger partial charge in [0.25, 0.3) is 0 Å². The highest BCUT2D eigenvalue weighted by Crippen LogP contribution is 1.91. The molecule has 4 heteroatoms. The molecule has 0 spiro atoms. The third-order valence-corrected chi connectivity index (χ3v) is 1.38. The van der Waals surface area contributed by atoms with Crippen LogP contribution in [0.1, 0.15) is 12.6 Å². The molecule has 0 saturated heterocycles. The van der Waals surface area contributed by atoms with E-state index in [1.165, 1.54) is 0 Å². The summed E-state index contributed by atoms with van der Waals surface area (Å²) in [5.74, 6) is 4.50. The predicted octanol–water partition coefficient (Wildman–Crippen LogP) is 0.335. The van der Waals surface area contributed by atoms with Crippen LogP contribution in [-0.4, -0.2) is 22.1 Å². The highest BCUT2D eigenvalue weighted by atomic mass is 16.5. The van der Waals surface area contributed by atoms with Crippen molar-refractivity contribution in [2.45, 2.75) is 6.92 Å². The van der Waals surface area contributed by atoms with Crippen molar-refractivity contribution in [1.82, 2.24) is 9.55 Å². The Kier molecular flexibility index (Phi) is 3.09. The summed E-state index contributed by atoms with van der Waals surface area (Å²) in [6, 6.07) is 0. The quantitative estimate of drug-likeness (QED) is 0.460. The van der Waals surface area contributed by atoms with Crippen LogP contribution in [0.4, 0.5) is 0 Å². The maximum Gasteiger partial charge on any atom is 0.384 e. The van der Waals surface area contributed by atoms with Gasteiger partial charge in [0.1, 0.15) is 5.69 Å². The number of imidazole rings is 1. The van der Waals surface area contributed by atoms with Crippen LogP contribution in [0.25, 0.3) is 0 Å². The molecule has 0 atom stereocenters. The summed E-state index contributed by atoms with van der Waals surface area (Å²) < 4.78 is 6.37. The summed E-state index contributed by atoms with van der Waals surface area (Å²) in [5, 5.41) is 0. The summed E-state index contributed by atoms with van der Waals surface area (Å²) in [4.78, 5) is 14.7. The molecule has 0 radical (unpaired) electrons. The summed E-state index contributed by atoms with van der Waals surface area (Å²) in [7, 11) is 1.81. The van der Waals surface area contributed by atoms with Crippen molar-refractivity contribution in [3.8, 4) is 11.8 Å². The van der Waals surface area contributed by atoms with Crippen LogP contribution >= 0.6 is 0 Å². The van der Waals surface area contributed by atoms with Crippen molar-refractivity contribution in [2.24, 2.45) is 7.05 Å². The van der Waals surface area contributed by atoms with E-state index < -0.39 is 5.97 Å². The Morgan fingerprint density at radius 2 is 2.54 bits per heavy atom. The van der Waals surface area contributed by atoms with E-state index in [4.69, 9.17) is 0 Å². The monoisotopic (exact) mass is 178 g/mol. The molecule has 0 aliphatic heterocycles. The van der Waals surface area contributed by atoms with E-state index in [1.807, 2.05) is 7.05 Å². The van der Waals surface area contributed by atoms with Crippen LogP contribution in [0, 0.1) is 11.8 Å². The minimum absolute atomic E-state index is 0.346. The number of aromatic nitrogens is 2. The molecule has 0 aromatic carbocycles. The molecule has 1 aromatic rings. The number of hydrogen-bond acceptors (Lipinski definition) is 3. The standard InChI is InChI=1S/C9H10N2O2/c1-3-13-9(12)5-4-8-6-10-7-11(8)2/h6-7H,3H2,1-2H3. The topological polar surface area (TPSA) is 44.1 Å². The Hall–Kier alpha value is -1.76. The highest BCUT2D eigenvalue weighted by molar-refractivity contribution is 5.88. The molecule has 0 amide bonds. The molecule has 0 N–H and O–H groups in total. The number of aryl methyl sites for hydroxylation is 1. The van der Waals surface area contributed by atoms with Crippen LogP contribution < -0.4 is 0 Å². The van der Waals surface area contributed by atoms with Crippen LogP contribution in [0.2, 0.25) is 0 Å². The lowest BCUT2D eigenvalue weighted by Gasteiger charge is -1.91. The van der Waals surface area contributed by atoms with E-state index in [-0.39, 0.29) is 0 Å². The van der Waals surface area contributed by atoms with Crippen LogP contribution in [0.5, 0.6) is 0 Å². The van der Waals surface area contributed by atoms with E-state index in [1.54, 1.807) is 24.0 Å². The maximum atomic E-state index is 10.8. The van der Waals surface area contributed by atoms with Gasteiger partial charge in [0.05, 0.1) is 19.1 Å². The van der Waals surface area contributed by atoms with E-state index in [2.05, 4.69) is 21.6 Å². The average Bonchev–Trinajstić information content (AvgIpc) is 2.48. The lowest BCUT2D eigenvalue weighted by atomic mass is 10.4. The Labute approximate surface area is 76.5 Å². The maximum absolute atomic E-state index is 10.8. The van der Waals surface area contributed by atoms with E-state index in [0.717, 1.165) is 0 Å². The fourth-order valence-electron chi connectivity index (χ4n) is 0.760. The number of ether oxygens (including phenoxy) is 1. The van der Waals surface area contributed by atoms with E-state index >= 15 is 0 Å². The third-order valence-electron chi connectivity index (χ3n) is 1.38. The fraction of sp³-hybridized carbons (Fsp3) is 0.333. The molecule has 0 saturated carbocycles. The number of nitrogens with zero attached hydrogens (tertiary/aromatic N) is 2. The summed E-state index contributed by atoms with van der Waals surface area (Å²) in [6.45, 7) is 2.09. The van der Waals surface area contributed by atoms with Gasteiger partial charge in [-0.2, -0.15) is 0 Å².